The monoisotopic (exact) mass is 921 g/mol. The third-order valence-electron chi connectivity index (χ3n) is 11.9. The van der Waals surface area contributed by atoms with Crippen molar-refractivity contribution in [2.45, 2.75) is 277 Å². The van der Waals surface area contributed by atoms with Gasteiger partial charge in [0, 0.05) is 19.3 Å². The lowest BCUT2D eigenvalue weighted by Gasteiger charge is -2.18. The van der Waals surface area contributed by atoms with Crippen molar-refractivity contribution in [3.05, 3.63) is 72.9 Å². The highest BCUT2D eigenvalue weighted by molar-refractivity contribution is 5.71. The molecule has 1 unspecified atom stereocenters. The highest BCUT2D eigenvalue weighted by Crippen LogP contribution is 2.15. The SMILES string of the molecule is CC/C=C\C/C=C\C/C=C\CCCCCC(=O)OC(COC(=O)CCCCCCC/C=C\CCC)COC(=O)CCCCCCCCCCCCCCC/C=C\C/C=C\CCCCCCC. The predicted octanol–water partition coefficient (Wildman–Crippen LogP) is 18.6. The normalized spacial score (nSPS) is 12.6. The van der Waals surface area contributed by atoms with E-state index in [0.717, 1.165) is 109 Å². The van der Waals surface area contributed by atoms with E-state index < -0.39 is 6.10 Å². The zero-order valence-electron chi connectivity index (χ0n) is 43.4. The first kappa shape index (κ1) is 62.8. The summed E-state index contributed by atoms with van der Waals surface area (Å²) in [5.74, 6) is -0.928. The first-order chi connectivity index (χ1) is 32.5. The average molecular weight is 921 g/mol. The van der Waals surface area contributed by atoms with Crippen LogP contribution in [-0.4, -0.2) is 37.2 Å². The van der Waals surface area contributed by atoms with Crippen molar-refractivity contribution in [1.29, 1.82) is 0 Å². The lowest BCUT2D eigenvalue weighted by molar-refractivity contribution is -0.167. The molecule has 0 fully saturated rings. The minimum Gasteiger partial charge on any atom is -0.462 e. The van der Waals surface area contributed by atoms with E-state index in [1.54, 1.807) is 0 Å². The maximum Gasteiger partial charge on any atom is 0.306 e. The fraction of sp³-hybridized carbons (Fsp3) is 0.750. The zero-order valence-corrected chi connectivity index (χ0v) is 43.4. The summed E-state index contributed by atoms with van der Waals surface area (Å²) in [5, 5.41) is 0. The van der Waals surface area contributed by atoms with Crippen LogP contribution in [-0.2, 0) is 28.6 Å². The molecule has 0 aliphatic rings. The highest BCUT2D eigenvalue weighted by atomic mass is 16.6. The first-order valence-corrected chi connectivity index (χ1v) is 27.9. The molecule has 0 aromatic rings. The molecule has 0 radical (unpaired) electrons. The summed E-state index contributed by atoms with van der Waals surface area (Å²) in [6.07, 6.45) is 69.1. The lowest BCUT2D eigenvalue weighted by atomic mass is 10.0. The Labute approximate surface area is 408 Å². The standard InChI is InChI=1S/C60H104O6/c1-4-7-10-13-16-19-22-24-25-26-27-28-29-30-31-32-33-34-35-37-38-41-44-47-50-53-59(62)65-56-57(55-64-58(61)52-49-46-43-40-21-18-15-12-9-6-3)66-60(63)54-51-48-45-42-39-36-23-20-17-14-11-8-5-2/h8,11-12,15,17,20,22,24,26-27,36,39,57H,4-7,9-10,13-14,16,18-19,21,23,25,28-35,37-38,40-56H2,1-3H3/b11-8-,15-12-,20-17-,24-22-,27-26-,39-36-. The van der Waals surface area contributed by atoms with Crippen molar-refractivity contribution >= 4 is 17.9 Å². The zero-order chi connectivity index (χ0) is 47.9. The van der Waals surface area contributed by atoms with Crippen molar-refractivity contribution < 1.29 is 28.6 Å². The van der Waals surface area contributed by atoms with Crippen LogP contribution in [0.25, 0.3) is 0 Å². The molecule has 0 amide bonds. The van der Waals surface area contributed by atoms with Gasteiger partial charge in [0.05, 0.1) is 0 Å². The molecular weight excluding hydrogens is 817 g/mol. The Bertz CT molecular complexity index is 1240. The van der Waals surface area contributed by atoms with Crippen molar-refractivity contribution in [2.75, 3.05) is 13.2 Å². The van der Waals surface area contributed by atoms with Crippen LogP contribution in [0.3, 0.4) is 0 Å². The van der Waals surface area contributed by atoms with E-state index in [-0.39, 0.29) is 31.1 Å². The van der Waals surface area contributed by atoms with Gasteiger partial charge in [0.25, 0.3) is 0 Å². The second kappa shape index (κ2) is 54.5. The molecule has 1 atom stereocenters. The van der Waals surface area contributed by atoms with Gasteiger partial charge in [0.2, 0.25) is 0 Å². The van der Waals surface area contributed by atoms with Gasteiger partial charge in [0.15, 0.2) is 6.10 Å². The van der Waals surface area contributed by atoms with Gasteiger partial charge in [0.1, 0.15) is 13.2 Å². The molecule has 0 spiro atoms. The van der Waals surface area contributed by atoms with Crippen LogP contribution in [0.2, 0.25) is 0 Å². The predicted molar refractivity (Wildman–Crippen MR) is 284 cm³/mol. The van der Waals surface area contributed by atoms with Gasteiger partial charge in [-0.25, -0.2) is 0 Å². The minimum absolute atomic E-state index is 0.0898. The summed E-state index contributed by atoms with van der Waals surface area (Å²) in [4.78, 5) is 38.0. The number of allylic oxidation sites excluding steroid dienone is 12. The fourth-order valence-corrected chi connectivity index (χ4v) is 7.72. The number of carbonyl (C=O) groups excluding carboxylic acids is 3. The number of rotatable bonds is 50. The molecule has 0 rings (SSSR count). The molecule has 0 heterocycles. The summed E-state index contributed by atoms with van der Waals surface area (Å²) in [6.45, 7) is 6.43. The summed E-state index contributed by atoms with van der Waals surface area (Å²) in [7, 11) is 0. The molecule has 66 heavy (non-hydrogen) atoms. The van der Waals surface area contributed by atoms with Gasteiger partial charge in [-0.05, 0) is 103 Å². The van der Waals surface area contributed by atoms with Crippen LogP contribution >= 0.6 is 0 Å². The smallest absolute Gasteiger partial charge is 0.306 e. The maximum atomic E-state index is 12.8. The molecule has 0 aromatic heterocycles. The summed E-state index contributed by atoms with van der Waals surface area (Å²) < 4.78 is 16.8. The van der Waals surface area contributed by atoms with Crippen molar-refractivity contribution in [3.63, 3.8) is 0 Å². The molecule has 0 aliphatic heterocycles. The third kappa shape index (κ3) is 51.8. The molecule has 0 saturated heterocycles. The van der Waals surface area contributed by atoms with Gasteiger partial charge in [-0.2, -0.15) is 0 Å². The average Bonchev–Trinajstić information content (AvgIpc) is 3.31. The maximum absolute atomic E-state index is 12.8. The quantitative estimate of drug-likeness (QED) is 0.0262. The largest absolute Gasteiger partial charge is 0.462 e. The van der Waals surface area contributed by atoms with E-state index in [1.807, 2.05) is 0 Å². The van der Waals surface area contributed by atoms with Gasteiger partial charge >= 0.3 is 17.9 Å². The molecule has 0 N–H and O–H groups in total. The Morgan fingerprint density at radius 2 is 0.621 bits per heavy atom. The molecule has 0 aliphatic carbocycles. The summed E-state index contributed by atoms with van der Waals surface area (Å²) >= 11 is 0. The highest BCUT2D eigenvalue weighted by Gasteiger charge is 2.19. The molecule has 0 saturated carbocycles. The first-order valence-electron chi connectivity index (χ1n) is 27.9. The Balaban J connectivity index is 4.22. The van der Waals surface area contributed by atoms with Crippen LogP contribution in [0.4, 0.5) is 0 Å². The Morgan fingerprint density at radius 3 is 1.02 bits per heavy atom. The second-order valence-corrected chi connectivity index (χ2v) is 18.5. The molecule has 6 heteroatoms. The molecular formula is C60H104O6. The van der Waals surface area contributed by atoms with Gasteiger partial charge in [-0.1, -0.05) is 222 Å². The number of hydrogen-bond acceptors (Lipinski definition) is 6. The Kier molecular flexibility index (Phi) is 51.9. The van der Waals surface area contributed by atoms with E-state index in [0.29, 0.717) is 19.3 Å². The van der Waals surface area contributed by atoms with E-state index in [1.165, 1.54) is 122 Å². The van der Waals surface area contributed by atoms with E-state index in [2.05, 4.69) is 93.7 Å². The topological polar surface area (TPSA) is 78.9 Å². The molecule has 6 nitrogen and oxygen atoms in total. The van der Waals surface area contributed by atoms with Crippen LogP contribution in [0, 0.1) is 0 Å². The number of unbranched alkanes of at least 4 members (excludes halogenated alkanes) is 27. The molecule has 0 bridgehead atoms. The van der Waals surface area contributed by atoms with Gasteiger partial charge in [-0.3, -0.25) is 14.4 Å². The fourth-order valence-electron chi connectivity index (χ4n) is 7.72. The van der Waals surface area contributed by atoms with Gasteiger partial charge < -0.3 is 14.2 Å². The number of hydrogen-bond donors (Lipinski definition) is 0. The summed E-state index contributed by atoms with van der Waals surface area (Å²) in [5.41, 5.74) is 0. The van der Waals surface area contributed by atoms with Crippen LogP contribution in [0.5, 0.6) is 0 Å². The van der Waals surface area contributed by atoms with Gasteiger partial charge in [-0.15, -0.1) is 0 Å². The Hall–Kier alpha value is -3.15. The second-order valence-electron chi connectivity index (χ2n) is 18.5. The third-order valence-corrected chi connectivity index (χ3v) is 11.9. The number of ether oxygens (including phenoxy) is 3. The number of esters is 3. The lowest BCUT2D eigenvalue weighted by Crippen LogP contribution is -2.30. The van der Waals surface area contributed by atoms with E-state index >= 15 is 0 Å². The molecule has 0 aromatic carbocycles. The van der Waals surface area contributed by atoms with Crippen molar-refractivity contribution in [1.82, 2.24) is 0 Å². The van der Waals surface area contributed by atoms with E-state index in [9.17, 15) is 14.4 Å². The van der Waals surface area contributed by atoms with E-state index in [4.69, 9.17) is 14.2 Å². The Morgan fingerprint density at radius 1 is 0.318 bits per heavy atom. The molecule has 380 valence electrons. The van der Waals surface area contributed by atoms with Crippen LogP contribution in [0.1, 0.15) is 271 Å². The number of carbonyl (C=O) groups is 3. The van der Waals surface area contributed by atoms with Crippen LogP contribution in [0.15, 0.2) is 72.9 Å². The van der Waals surface area contributed by atoms with Crippen molar-refractivity contribution in [3.8, 4) is 0 Å². The van der Waals surface area contributed by atoms with Crippen molar-refractivity contribution in [2.24, 2.45) is 0 Å². The van der Waals surface area contributed by atoms with Crippen LogP contribution < -0.4 is 0 Å². The summed E-state index contributed by atoms with van der Waals surface area (Å²) in [6, 6.07) is 0. The minimum atomic E-state index is -0.792.